The van der Waals surface area contributed by atoms with Gasteiger partial charge in [-0.2, -0.15) is 0 Å². The van der Waals surface area contributed by atoms with Crippen LogP contribution in [0, 0.1) is 0 Å². The fourth-order valence-corrected chi connectivity index (χ4v) is 2.78. The molecule has 1 aromatic heterocycles. The van der Waals surface area contributed by atoms with E-state index in [-0.39, 0.29) is 12.2 Å². The first kappa shape index (κ1) is 13.8. The zero-order valence-corrected chi connectivity index (χ0v) is 11.9. The minimum absolute atomic E-state index is 0.0160. The largest absolute Gasteiger partial charge is 0.396 e. The van der Waals surface area contributed by atoms with E-state index >= 15 is 0 Å². The first-order chi connectivity index (χ1) is 10.3. The van der Waals surface area contributed by atoms with Crippen molar-refractivity contribution in [3.8, 4) is 0 Å². The van der Waals surface area contributed by atoms with Crippen molar-refractivity contribution in [2.45, 2.75) is 19.3 Å². The number of aliphatic hydroxyl groups excluding tert-OH is 1. The third kappa shape index (κ3) is 3.13. The number of aromatic amines is 1. The maximum absolute atomic E-state index is 11.7. The van der Waals surface area contributed by atoms with Crippen LogP contribution in [0.3, 0.4) is 0 Å². The third-order valence-electron chi connectivity index (χ3n) is 3.87. The van der Waals surface area contributed by atoms with Gasteiger partial charge in [-0.15, -0.1) is 0 Å². The van der Waals surface area contributed by atoms with Gasteiger partial charge in [0.15, 0.2) is 0 Å². The number of nitrogens with one attached hydrogen (secondary N) is 1. The quantitative estimate of drug-likeness (QED) is 0.879. The molecule has 3 rings (SSSR count). The molecule has 1 aliphatic rings. The Kier molecular flexibility index (Phi) is 4.01. The van der Waals surface area contributed by atoms with E-state index < -0.39 is 0 Å². The van der Waals surface area contributed by atoms with E-state index in [1.165, 1.54) is 17.2 Å². The fourth-order valence-electron chi connectivity index (χ4n) is 2.78. The molecule has 0 saturated heterocycles. The second kappa shape index (κ2) is 6.10. The number of hydrogen-bond acceptors (Lipinski definition) is 4. The molecule has 2 heterocycles. The number of H-pyrrole nitrogens is 1. The van der Waals surface area contributed by atoms with Gasteiger partial charge in [0.25, 0.3) is 5.56 Å². The summed E-state index contributed by atoms with van der Waals surface area (Å²) in [5, 5.41) is 9.00. The Morgan fingerprint density at radius 1 is 1.19 bits per heavy atom. The molecule has 0 fully saturated rings. The van der Waals surface area contributed by atoms with Gasteiger partial charge >= 0.3 is 0 Å². The SMILES string of the molecule is O=c1cc(N2CCc3ccccc3CC2)nc(CCO)[nH]1. The van der Waals surface area contributed by atoms with Gasteiger partial charge in [0.05, 0.1) is 6.61 Å². The second-order valence-corrected chi connectivity index (χ2v) is 5.28. The molecule has 1 aromatic carbocycles. The highest BCUT2D eigenvalue weighted by atomic mass is 16.3. The Labute approximate surface area is 123 Å². The molecule has 0 spiro atoms. The molecule has 0 radical (unpaired) electrons. The van der Waals surface area contributed by atoms with Crippen LogP contribution in [0.2, 0.25) is 0 Å². The van der Waals surface area contributed by atoms with Crippen molar-refractivity contribution in [1.82, 2.24) is 9.97 Å². The second-order valence-electron chi connectivity index (χ2n) is 5.28. The summed E-state index contributed by atoms with van der Waals surface area (Å²) < 4.78 is 0. The molecule has 0 atom stereocenters. The Bertz CT molecular complexity index is 654. The average Bonchev–Trinajstić information content (AvgIpc) is 2.69. The summed E-state index contributed by atoms with van der Waals surface area (Å²) in [5.41, 5.74) is 2.59. The third-order valence-corrected chi connectivity index (χ3v) is 3.87. The van der Waals surface area contributed by atoms with Gasteiger partial charge in [0, 0.05) is 25.6 Å². The summed E-state index contributed by atoms with van der Waals surface area (Å²) in [6.45, 7) is 1.69. The molecule has 0 saturated carbocycles. The van der Waals surface area contributed by atoms with E-state index in [1.807, 2.05) is 0 Å². The molecule has 0 bridgehead atoms. The van der Waals surface area contributed by atoms with Crippen LogP contribution in [0.15, 0.2) is 35.1 Å². The average molecular weight is 285 g/mol. The Morgan fingerprint density at radius 3 is 2.48 bits per heavy atom. The maximum Gasteiger partial charge on any atom is 0.252 e. The monoisotopic (exact) mass is 285 g/mol. The molecular weight excluding hydrogens is 266 g/mol. The van der Waals surface area contributed by atoms with Gasteiger partial charge in [-0.1, -0.05) is 24.3 Å². The summed E-state index contributed by atoms with van der Waals surface area (Å²) in [5.74, 6) is 1.25. The van der Waals surface area contributed by atoms with E-state index in [0.29, 0.717) is 18.1 Å². The number of benzene rings is 1. The first-order valence-corrected chi connectivity index (χ1v) is 7.29. The minimum Gasteiger partial charge on any atom is -0.396 e. The Morgan fingerprint density at radius 2 is 1.86 bits per heavy atom. The molecule has 1 aliphatic heterocycles. The number of hydrogen-bond donors (Lipinski definition) is 2. The molecule has 5 heteroatoms. The van der Waals surface area contributed by atoms with Gasteiger partial charge in [0.1, 0.15) is 11.6 Å². The van der Waals surface area contributed by atoms with Crippen molar-refractivity contribution in [2.75, 3.05) is 24.6 Å². The lowest BCUT2D eigenvalue weighted by Crippen LogP contribution is -2.29. The van der Waals surface area contributed by atoms with Crippen LogP contribution in [0.5, 0.6) is 0 Å². The number of anilines is 1. The molecule has 2 aromatic rings. The van der Waals surface area contributed by atoms with Crippen LogP contribution in [0.1, 0.15) is 17.0 Å². The van der Waals surface area contributed by atoms with Crippen LogP contribution in [0.4, 0.5) is 5.82 Å². The summed E-state index contributed by atoms with van der Waals surface area (Å²) in [4.78, 5) is 21.0. The molecule has 21 heavy (non-hydrogen) atoms. The van der Waals surface area contributed by atoms with Crippen LogP contribution in [-0.4, -0.2) is 34.8 Å². The molecule has 110 valence electrons. The smallest absolute Gasteiger partial charge is 0.252 e. The van der Waals surface area contributed by atoms with E-state index in [1.54, 1.807) is 0 Å². The predicted octanol–water partition coefficient (Wildman–Crippen LogP) is 0.910. The van der Waals surface area contributed by atoms with Crippen molar-refractivity contribution < 1.29 is 5.11 Å². The Hall–Kier alpha value is -2.14. The van der Waals surface area contributed by atoms with E-state index in [0.717, 1.165) is 25.9 Å². The topological polar surface area (TPSA) is 69.2 Å². The van der Waals surface area contributed by atoms with Crippen LogP contribution < -0.4 is 10.5 Å². The van der Waals surface area contributed by atoms with E-state index in [4.69, 9.17) is 5.11 Å². The Balaban J connectivity index is 1.84. The van der Waals surface area contributed by atoms with Crippen molar-refractivity contribution in [3.63, 3.8) is 0 Å². The van der Waals surface area contributed by atoms with Gasteiger partial charge in [0.2, 0.25) is 0 Å². The number of nitrogens with zero attached hydrogens (tertiary/aromatic N) is 2. The van der Waals surface area contributed by atoms with Crippen LogP contribution in [-0.2, 0) is 19.3 Å². The highest BCUT2D eigenvalue weighted by molar-refractivity contribution is 5.41. The van der Waals surface area contributed by atoms with Gasteiger partial charge in [-0.3, -0.25) is 4.79 Å². The lowest BCUT2D eigenvalue weighted by atomic mass is 10.0. The fraction of sp³-hybridized carbons (Fsp3) is 0.375. The molecule has 2 N–H and O–H groups in total. The number of rotatable bonds is 3. The van der Waals surface area contributed by atoms with Gasteiger partial charge in [-0.05, 0) is 24.0 Å². The summed E-state index contributed by atoms with van der Waals surface area (Å²) in [6.07, 6.45) is 2.29. The van der Waals surface area contributed by atoms with Crippen LogP contribution in [0.25, 0.3) is 0 Å². The summed E-state index contributed by atoms with van der Waals surface area (Å²) in [6, 6.07) is 10.0. The number of aliphatic hydroxyl groups is 1. The van der Waals surface area contributed by atoms with Gasteiger partial charge in [-0.25, -0.2) is 4.98 Å². The highest BCUT2D eigenvalue weighted by Crippen LogP contribution is 2.18. The zero-order valence-electron chi connectivity index (χ0n) is 11.9. The molecule has 0 aliphatic carbocycles. The van der Waals surface area contributed by atoms with Crippen molar-refractivity contribution >= 4 is 5.82 Å². The highest BCUT2D eigenvalue weighted by Gasteiger charge is 2.15. The zero-order chi connectivity index (χ0) is 14.7. The standard InChI is InChI=1S/C16H19N3O2/c20-10-7-14-17-15(11-16(21)18-14)19-8-5-12-3-1-2-4-13(12)6-9-19/h1-4,11,20H,5-10H2,(H,17,18,21). The van der Waals surface area contributed by atoms with Gasteiger partial charge < -0.3 is 15.0 Å². The summed E-state index contributed by atoms with van der Waals surface area (Å²) in [7, 11) is 0. The lowest BCUT2D eigenvalue weighted by molar-refractivity contribution is 0.296. The predicted molar refractivity (Wildman–Crippen MR) is 81.7 cm³/mol. The lowest BCUT2D eigenvalue weighted by Gasteiger charge is -2.21. The maximum atomic E-state index is 11.7. The molecule has 5 nitrogen and oxygen atoms in total. The van der Waals surface area contributed by atoms with E-state index in [9.17, 15) is 4.79 Å². The number of aromatic nitrogens is 2. The molecular formula is C16H19N3O2. The summed E-state index contributed by atoms with van der Waals surface area (Å²) >= 11 is 0. The molecule has 0 unspecified atom stereocenters. The normalized spacial score (nSPS) is 14.6. The van der Waals surface area contributed by atoms with Crippen molar-refractivity contribution in [1.29, 1.82) is 0 Å². The van der Waals surface area contributed by atoms with E-state index in [2.05, 4.69) is 39.1 Å². The van der Waals surface area contributed by atoms with Crippen molar-refractivity contribution in [3.05, 3.63) is 57.6 Å². The minimum atomic E-state index is -0.162. The van der Waals surface area contributed by atoms with Crippen molar-refractivity contribution in [2.24, 2.45) is 0 Å². The molecule has 0 amide bonds. The van der Waals surface area contributed by atoms with Crippen LogP contribution >= 0.6 is 0 Å². The number of fused-ring (bicyclic) bond motifs is 1. The first-order valence-electron chi connectivity index (χ1n) is 7.29.